The molecule has 1 aliphatic carbocycles. The number of hydrogen-bond donors (Lipinski definition) is 1. The van der Waals surface area contributed by atoms with E-state index in [1.165, 1.54) is 11.3 Å². The Morgan fingerprint density at radius 3 is 2.78 bits per heavy atom. The molecule has 0 bridgehead atoms. The smallest absolute Gasteiger partial charge is 0.0807 e. The summed E-state index contributed by atoms with van der Waals surface area (Å²) in [5, 5.41) is 10.7. The summed E-state index contributed by atoms with van der Waals surface area (Å²) in [4.78, 5) is 0. The van der Waals surface area contributed by atoms with Gasteiger partial charge in [0.1, 0.15) is 0 Å². The highest BCUT2D eigenvalue weighted by molar-refractivity contribution is 6.30. The zero-order valence-electron chi connectivity index (χ0n) is 10.1. The summed E-state index contributed by atoms with van der Waals surface area (Å²) in [6, 6.07) is 9.99. The highest BCUT2D eigenvalue weighted by Crippen LogP contribution is 2.30. The van der Waals surface area contributed by atoms with Crippen LogP contribution in [0.1, 0.15) is 35.8 Å². The lowest BCUT2D eigenvalue weighted by Crippen LogP contribution is -2.12. The minimum atomic E-state index is -0.278. The Hall–Kier alpha value is -1.25. The number of rotatable bonds is 2. The highest BCUT2D eigenvalue weighted by Gasteiger charge is 2.20. The summed E-state index contributed by atoms with van der Waals surface area (Å²) >= 11 is 5.89. The van der Waals surface area contributed by atoms with Crippen molar-refractivity contribution in [3.8, 4) is 0 Å². The van der Waals surface area contributed by atoms with Crippen molar-refractivity contribution in [2.24, 2.45) is 0 Å². The van der Waals surface area contributed by atoms with Crippen molar-refractivity contribution in [2.45, 2.75) is 31.9 Å². The van der Waals surface area contributed by atoms with E-state index in [1.54, 1.807) is 0 Å². The molecule has 1 aromatic carbocycles. The fraction of sp³-hybridized carbons (Fsp3) is 0.333. The molecule has 1 atom stereocenters. The molecule has 0 radical (unpaired) electrons. The number of benzene rings is 1. The monoisotopic (exact) mass is 261 g/mol. The van der Waals surface area contributed by atoms with Crippen molar-refractivity contribution in [1.82, 2.24) is 4.57 Å². The van der Waals surface area contributed by atoms with Gasteiger partial charge in [-0.15, -0.1) is 0 Å². The predicted molar refractivity (Wildman–Crippen MR) is 72.9 cm³/mol. The maximum absolute atomic E-state index is 9.95. The molecule has 3 rings (SSSR count). The average Bonchev–Trinajstić information content (AvgIpc) is 2.77. The minimum absolute atomic E-state index is 0.278. The third kappa shape index (κ3) is 2.18. The summed E-state index contributed by atoms with van der Waals surface area (Å²) in [6.45, 7) is 0.846. The average molecular weight is 262 g/mol. The molecule has 18 heavy (non-hydrogen) atoms. The second kappa shape index (κ2) is 4.79. The molecule has 2 aromatic rings. The molecule has 0 saturated carbocycles. The van der Waals surface area contributed by atoms with Crippen LogP contribution in [0.4, 0.5) is 0 Å². The second-order valence-corrected chi connectivity index (χ2v) is 5.32. The van der Waals surface area contributed by atoms with Crippen LogP contribution in [0.25, 0.3) is 0 Å². The van der Waals surface area contributed by atoms with E-state index in [0.29, 0.717) is 0 Å². The van der Waals surface area contributed by atoms with E-state index in [4.69, 9.17) is 11.6 Å². The molecule has 2 nitrogen and oxygen atoms in total. The number of halogens is 1. The molecule has 0 fully saturated rings. The molecule has 1 heterocycles. The first-order valence-corrected chi connectivity index (χ1v) is 6.72. The first kappa shape index (κ1) is 11.8. The standard InChI is InChI=1S/C15H16ClNO/c16-12-6-4-11(5-7-12)10-17-9-8-13-14(17)2-1-3-15(13)18/h4-9,15,18H,1-3,10H2. The van der Waals surface area contributed by atoms with Crippen LogP contribution >= 0.6 is 11.6 Å². The van der Waals surface area contributed by atoms with Crippen molar-refractivity contribution in [3.05, 3.63) is 58.4 Å². The van der Waals surface area contributed by atoms with Crippen molar-refractivity contribution in [3.63, 3.8) is 0 Å². The fourth-order valence-electron chi connectivity index (χ4n) is 2.67. The van der Waals surface area contributed by atoms with Crippen molar-refractivity contribution >= 4 is 11.6 Å². The van der Waals surface area contributed by atoms with Gasteiger partial charge in [0.05, 0.1) is 6.10 Å². The Morgan fingerprint density at radius 2 is 2.00 bits per heavy atom. The van der Waals surface area contributed by atoms with Gasteiger partial charge in [-0.2, -0.15) is 0 Å². The molecule has 0 spiro atoms. The van der Waals surface area contributed by atoms with Crippen LogP contribution in [0.2, 0.25) is 5.02 Å². The molecule has 0 saturated heterocycles. The number of aliphatic hydroxyl groups is 1. The quantitative estimate of drug-likeness (QED) is 0.879. The summed E-state index contributed by atoms with van der Waals surface area (Å²) in [7, 11) is 0. The third-order valence-electron chi connectivity index (χ3n) is 3.63. The Kier molecular flexibility index (Phi) is 3.14. The second-order valence-electron chi connectivity index (χ2n) is 4.88. The van der Waals surface area contributed by atoms with Gasteiger partial charge >= 0.3 is 0 Å². The zero-order valence-corrected chi connectivity index (χ0v) is 10.9. The molecule has 1 aromatic heterocycles. The first-order valence-electron chi connectivity index (χ1n) is 6.34. The minimum Gasteiger partial charge on any atom is -0.388 e. The van der Waals surface area contributed by atoms with E-state index in [-0.39, 0.29) is 6.10 Å². The van der Waals surface area contributed by atoms with E-state index in [2.05, 4.69) is 16.8 Å². The lowest BCUT2D eigenvalue weighted by atomic mass is 9.95. The first-order chi connectivity index (χ1) is 8.74. The molecular weight excluding hydrogens is 246 g/mol. The SMILES string of the molecule is OC1CCCc2c1ccn2Cc1ccc(Cl)cc1. The van der Waals surface area contributed by atoms with E-state index >= 15 is 0 Å². The highest BCUT2D eigenvalue weighted by atomic mass is 35.5. The van der Waals surface area contributed by atoms with Crippen molar-refractivity contribution < 1.29 is 5.11 Å². The number of fused-ring (bicyclic) bond motifs is 1. The number of aromatic nitrogens is 1. The maximum atomic E-state index is 9.95. The fourth-order valence-corrected chi connectivity index (χ4v) is 2.79. The summed E-state index contributed by atoms with van der Waals surface area (Å²) in [6.07, 6.45) is 4.82. The van der Waals surface area contributed by atoms with Gasteiger partial charge in [-0.05, 0) is 43.0 Å². The van der Waals surface area contributed by atoms with Gasteiger partial charge in [-0.25, -0.2) is 0 Å². The Balaban J connectivity index is 1.87. The lowest BCUT2D eigenvalue weighted by Gasteiger charge is -2.20. The van der Waals surface area contributed by atoms with Gasteiger partial charge < -0.3 is 9.67 Å². The Labute approximate surface area is 112 Å². The topological polar surface area (TPSA) is 25.2 Å². The van der Waals surface area contributed by atoms with Crippen molar-refractivity contribution in [2.75, 3.05) is 0 Å². The molecule has 1 aliphatic rings. The Morgan fingerprint density at radius 1 is 1.22 bits per heavy atom. The van der Waals surface area contributed by atoms with E-state index < -0.39 is 0 Å². The number of hydrogen-bond acceptors (Lipinski definition) is 1. The lowest BCUT2D eigenvalue weighted by molar-refractivity contribution is 0.156. The largest absolute Gasteiger partial charge is 0.388 e. The molecule has 3 heteroatoms. The molecule has 0 aliphatic heterocycles. The van der Waals surface area contributed by atoms with Gasteiger partial charge in [-0.3, -0.25) is 0 Å². The molecular formula is C15H16ClNO. The molecule has 1 unspecified atom stereocenters. The van der Waals surface area contributed by atoms with Gasteiger partial charge in [0.2, 0.25) is 0 Å². The van der Waals surface area contributed by atoms with Gasteiger partial charge in [0, 0.05) is 29.0 Å². The van der Waals surface area contributed by atoms with Crippen LogP contribution in [-0.4, -0.2) is 9.67 Å². The van der Waals surface area contributed by atoms with E-state index in [9.17, 15) is 5.11 Å². The molecule has 94 valence electrons. The van der Waals surface area contributed by atoms with Crippen LogP contribution in [0, 0.1) is 0 Å². The number of nitrogens with zero attached hydrogens (tertiary/aromatic N) is 1. The van der Waals surface area contributed by atoms with Gasteiger partial charge in [0.25, 0.3) is 0 Å². The van der Waals surface area contributed by atoms with Gasteiger partial charge in [-0.1, -0.05) is 23.7 Å². The zero-order chi connectivity index (χ0) is 12.5. The molecule has 1 N–H and O–H groups in total. The van der Waals surface area contributed by atoms with Crippen LogP contribution in [0.3, 0.4) is 0 Å². The van der Waals surface area contributed by atoms with Crippen molar-refractivity contribution in [1.29, 1.82) is 0 Å². The Bertz CT molecular complexity index is 544. The van der Waals surface area contributed by atoms with Crippen LogP contribution in [0.5, 0.6) is 0 Å². The van der Waals surface area contributed by atoms with E-state index in [0.717, 1.165) is 36.4 Å². The maximum Gasteiger partial charge on any atom is 0.0807 e. The summed E-state index contributed by atoms with van der Waals surface area (Å²) < 4.78 is 2.24. The van der Waals surface area contributed by atoms with Gasteiger partial charge in [0.15, 0.2) is 0 Å². The van der Waals surface area contributed by atoms with Crippen LogP contribution in [0.15, 0.2) is 36.5 Å². The normalized spacial score (nSPS) is 18.7. The van der Waals surface area contributed by atoms with E-state index in [1.807, 2.05) is 24.3 Å². The van der Waals surface area contributed by atoms with Crippen LogP contribution < -0.4 is 0 Å². The third-order valence-corrected chi connectivity index (χ3v) is 3.88. The number of aliphatic hydroxyl groups excluding tert-OH is 1. The summed E-state index contributed by atoms with van der Waals surface area (Å²) in [5.41, 5.74) is 3.62. The summed E-state index contributed by atoms with van der Waals surface area (Å²) in [5.74, 6) is 0. The molecule has 0 amide bonds. The predicted octanol–water partition coefficient (Wildman–Crippen LogP) is 3.56. The van der Waals surface area contributed by atoms with Crippen LogP contribution in [-0.2, 0) is 13.0 Å².